The quantitative estimate of drug-likeness (QED) is 0.0956. The molecular formula is C25H18ClN5O6S. The van der Waals surface area contributed by atoms with Crippen LogP contribution in [0.3, 0.4) is 0 Å². The molecule has 2 N–H and O–H groups in total. The summed E-state index contributed by atoms with van der Waals surface area (Å²) in [4.78, 5) is 26.2. The van der Waals surface area contributed by atoms with Gasteiger partial charge in [-0.1, -0.05) is 11.6 Å². The van der Waals surface area contributed by atoms with Crippen LogP contribution < -0.4 is 14.9 Å². The number of rotatable bonds is 9. The molecule has 0 radical (unpaired) electrons. The van der Waals surface area contributed by atoms with E-state index in [-0.39, 0.29) is 16.3 Å². The number of nitro groups is 1. The van der Waals surface area contributed by atoms with E-state index in [1.54, 1.807) is 42.6 Å². The van der Waals surface area contributed by atoms with Crippen molar-refractivity contribution in [1.82, 2.24) is 4.98 Å². The fraction of sp³-hybridized carbons (Fsp3) is 0. The van der Waals surface area contributed by atoms with E-state index in [0.29, 0.717) is 21.9 Å². The van der Waals surface area contributed by atoms with E-state index in [9.17, 15) is 23.3 Å². The van der Waals surface area contributed by atoms with Gasteiger partial charge in [0.1, 0.15) is 10.6 Å². The minimum absolute atomic E-state index is 0.00957. The van der Waals surface area contributed by atoms with Gasteiger partial charge in [-0.15, -0.1) is 0 Å². The predicted octanol–water partition coefficient (Wildman–Crippen LogP) is 5.11. The highest BCUT2D eigenvalue weighted by Gasteiger charge is 2.22. The molecule has 0 fully saturated rings. The van der Waals surface area contributed by atoms with E-state index in [1.807, 2.05) is 0 Å². The Bertz CT molecular complexity index is 1600. The van der Waals surface area contributed by atoms with Gasteiger partial charge in [0.25, 0.3) is 15.7 Å². The Morgan fingerprint density at radius 2 is 1.79 bits per heavy atom. The summed E-state index contributed by atoms with van der Waals surface area (Å²) in [6.45, 7) is 0. The SMILES string of the molecule is O=C(Oc1ccc(C=NNc2ccc([N+](=O)[O-])cc2S(=O)(=O)Nc2ccc(Cl)cc2)cc1)c1cccnc1. The Morgan fingerprint density at radius 3 is 2.45 bits per heavy atom. The number of nitro benzene ring substituents is 1. The largest absolute Gasteiger partial charge is 0.423 e. The zero-order valence-electron chi connectivity index (χ0n) is 19.3. The van der Waals surface area contributed by atoms with Crippen molar-refractivity contribution in [3.8, 4) is 5.75 Å². The number of benzene rings is 3. The lowest BCUT2D eigenvalue weighted by Crippen LogP contribution is -2.15. The molecule has 1 aromatic heterocycles. The number of pyridine rings is 1. The van der Waals surface area contributed by atoms with Crippen molar-refractivity contribution in [2.45, 2.75) is 4.90 Å². The van der Waals surface area contributed by atoms with Gasteiger partial charge in [0.15, 0.2) is 0 Å². The molecule has 4 rings (SSSR count). The summed E-state index contributed by atoms with van der Waals surface area (Å²) >= 11 is 5.84. The maximum absolute atomic E-state index is 13.0. The van der Waals surface area contributed by atoms with E-state index >= 15 is 0 Å². The number of hydrazone groups is 1. The molecule has 4 aromatic rings. The molecule has 0 spiro atoms. The first-order chi connectivity index (χ1) is 18.2. The molecule has 0 saturated carbocycles. The highest BCUT2D eigenvalue weighted by atomic mass is 35.5. The maximum atomic E-state index is 13.0. The van der Waals surface area contributed by atoms with Crippen LogP contribution in [0.1, 0.15) is 15.9 Å². The molecule has 192 valence electrons. The Labute approximate surface area is 222 Å². The van der Waals surface area contributed by atoms with Crippen LogP contribution in [0.5, 0.6) is 5.75 Å². The second-order valence-corrected chi connectivity index (χ2v) is 9.71. The molecule has 11 nitrogen and oxygen atoms in total. The average Bonchev–Trinajstić information content (AvgIpc) is 2.91. The number of non-ortho nitro benzene ring substituents is 1. The molecule has 0 unspecified atom stereocenters. The minimum Gasteiger partial charge on any atom is -0.423 e. The van der Waals surface area contributed by atoms with Crippen LogP contribution in [-0.4, -0.2) is 30.5 Å². The van der Waals surface area contributed by atoms with Crippen LogP contribution in [0.4, 0.5) is 17.1 Å². The molecule has 0 saturated heterocycles. The first kappa shape index (κ1) is 26.3. The molecule has 0 aliphatic carbocycles. The molecule has 3 aromatic carbocycles. The number of halogens is 1. The van der Waals surface area contributed by atoms with E-state index in [0.717, 1.165) is 12.1 Å². The normalized spacial score (nSPS) is 11.2. The van der Waals surface area contributed by atoms with Gasteiger partial charge in [0, 0.05) is 35.2 Å². The number of esters is 1. The molecule has 1 heterocycles. The average molecular weight is 552 g/mol. The van der Waals surface area contributed by atoms with Crippen molar-refractivity contribution < 1.29 is 22.9 Å². The Kier molecular flexibility index (Phi) is 7.94. The number of sulfonamides is 1. The van der Waals surface area contributed by atoms with Crippen molar-refractivity contribution in [2.75, 3.05) is 10.1 Å². The number of hydrogen-bond donors (Lipinski definition) is 2. The zero-order valence-corrected chi connectivity index (χ0v) is 20.9. The molecule has 0 aliphatic heterocycles. The van der Waals surface area contributed by atoms with Crippen LogP contribution in [0.25, 0.3) is 0 Å². The molecule has 0 atom stereocenters. The van der Waals surface area contributed by atoms with Gasteiger partial charge in [-0.2, -0.15) is 5.10 Å². The third-order valence-corrected chi connectivity index (χ3v) is 6.62. The van der Waals surface area contributed by atoms with Gasteiger partial charge in [0.2, 0.25) is 0 Å². The van der Waals surface area contributed by atoms with E-state index in [1.165, 1.54) is 42.7 Å². The summed E-state index contributed by atoms with van der Waals surface area (Å²) in [6.07, 6.45) is 4.34. The van der Waals surface area contributed by atoms with Gasteiger partial charge in [-0.05, 0) is 72.3 Å². The van der Waals surface area contributed by atoms with Crippen LogP contribution in [0.15, 0.2) is 101 Å². The standard InChI is InChI=1S/C25H18ClN5O6S/c26-19-5-7-20(8-6-19)30-38(35,36)24-14-21(31(33)34)9-12-23(24)29-28-15-17-3-10-22(11-4-17)37-25(32)18-2-1-13-27-16-18/h1-16,29-30H. The van der Waals surface area contributed by atoms with Crippen molar-refractivity contribution >= 4 is 50.9 Å². The highest BCUT2D eigenvalue weighted by molar-refractivity contribution is 7.92. The fourth-order valence-electron chi connectivity index (χ4n) is 3.12. The second-order valence-electron chi connectivity index (χ2n) is 7.62. The summed E-state index contributed by atoms with van der Waals surface area (Å²) < 4.78 is 33.7. The summed E-state index contributed by atoms with van der Waals surface area (Å²) in [5, 5.41) is 15.7. The number of carbonyl (C=O) groups is 1. The minimum atomic E-state index is -4.23. The van der Waals surface area contributed by atoms with Gasteiger partial charge in [-0.3, -0.25) is 25.2 Å². The first-order valence-corrected chi connectivity index (χ1v) is 12.7. The molecule has 0 aliphatic rings. The smallest absolute Gasteiger partial charge is 0.345 e. The van der Waals surface area contributed by atoms with Crippen LogP contribution >= 0.6 is 11.6 Å². The predicted molar refractivity (Wildman–Crippen MR) is 142 cm³/mol. The van der Waals surface area contributed by atoms with Crippen LogP contribution in [0, 0.1) is 10.1 Å². The highest BCUT2D eigenvalue weighted by Crippen LogP contribution is 2.28. The van der Waals surface area contributed by atoms with Crippen LogP contribution in [-0.2, 0) is 10.0 Å². The van der Waals surface area contributed by atoms with Crippen molar-refractivity contribution in [3.05, 3.63) is 118 Å². The van der Waals surface area contributed by atoms with E-state index in [2.05, 4.69) is 20.2 Å². The molecule has 0 amide bonds. The number of aromatic nitrogens is 1. The van der Waals surface area contributed by atoms with Crippen molar-refractivity contribution in [3.63, 3.8) is 0 Å². The van der Waals surface area contributed by atoms with E-state index < -0.39 is 26.6 Å². The Morgan fingerprint density at radius 1 is 1.05 bits per heavy atom. The summed E-state index contributed by atoms with van der Waals surface area (Å²) in [5.74, 6) is -0.249. The molecule has 0 bridgehead atoms. The molecule has 13 heteroatoms. The van der Waals surface area contributed by atoms with Crippen molar-refractivity contribution in [1.29, 1.82) is 0 Å². The van der Waals surface area contributed by atoms with Gasteiger partial charge < -0.3 is 4.74 Å². The summed E-state index contributed by atoms with van der Waals surface area (Å²) in [7, 11) is -4.23. The first-order valence-electron chi connectivity index (χ1n) is 10.8. The number of anilines is 2. The Balaban J connectivity index is 1.49. The number of hydrogen-bond acceptors (Lipinski definition) is 9. The second kappa shape index (κ2) is 11.5. The number of nitrogens with zero attached hydrogens (tertiary/aromatic N) is 3. The topological polar surface area (TPSA) is 153 Å². The number of nitrogens with one attached hydrogen (secondary N) is 2. The third-order valence-electron chi connectivity index (χ3n) is 4.95. The third kappa shape index (κ3) is 6.69. The van der Waals surface area contributed by atoms with Gasteiger partial charge in [-0.25, -0.2) is 13.2 Å². The summed E-state index contributed by atoms with van der Waals surface area (Å²) in [5.41, 5.74) is 3.34. The summed E-state index contributed by atoms with van der Waals surface area (Å²) in [6, 6.07) is 18.8. The fourth-order valence-corrected chi connectivity index (χ4v) is 4.48. The monoisotopic (exact) mass is 551 g/mol. The molecule has 38 heavy (non-hydrogen) atoms. The molecular weight excluding hydrogens is 534 g/mol. The Hall–Kier alpha value is -4.81. The lowest BCUT2D eigenvalue weighted by Gasteiger charge is -2.12. The number of carbonyl (C=O) groups excluding carboxylic acids is 1. The lowest BCUT2D eigenvalue weighted by atomic mass is 10.2. The van der Waals surface area contributed by atoms with Gasteiger partial charge in [0.05, 0.1) is 22.4 Å². The van der Waals surface area contributed by atoms with Crippen molar-refractivity contribution in [2.24, 2.45) is 5.10 Å². The van der Waals surface area contributed by atoms with Crippen LogP contribution in [0.2, 0.25) is 5.02 Å². The zero-order chi connectivity index (χ0) is 27.1. The van der Waals surface area contributed by atoms with E-state index in [4.69, 9.17) is 16.3 Å². The lowest BCUT2D eigenvalue weighted by molar-refractivity contribution is -0.385. The number of ether oxygens (including phenoxy) is 1. The van der Waals surface area contributed by atoms with Gasteiger partial charge >= 0.3 is 5.97 Å². The maximum Gasteiger partial charge on any atom is 0.345 e.